The number of hydrogen-bond donors (Lipinski definition) is 1. The lowest BCUT2D eigenvalue weighted by Gasteiger charge is -2.32. The molecule has 2 aromatic carbocycles. The first-order valence-electron chi connectivity index (χ1n) is 13.4. The number of nitrogens with zero attached hydrogens (tertiary/aromatic N) is 3. The van der Waals surface area contributed by atoms with Gasteiger partial charge in [-0.15, -0.1) is 0 Å². The van der Waals surface area contributed by atoms with E-state index >= 15 is 0 Å². The summed E-state index contributed by atoms with van der Waals surface area (Å²) in [6, 6.07) is 19.4. The quantitative estimate of drug-likeness (QED) is 0.259. The third kappa shape index (κ3) is 5.97. The minimum atomic E-state index is 0.729. The fourth-order valence-electron chi connectivity index (χ4n) is 4.89. The Bertz CT molecular complexity index is 1300. The van der Waals surface area contributed by atoms with Gasteiger partial charge in [0.1, 0.15) is 18.0 Å². The zero-order chi connectivity index (χ0) is 24.7. The lowest BCUT2D eigenvalue weighted by atomic mass is 10.0. The van der Waals surface area contributed by atoms with Gasteiger partial charge in [-0.25, -0.2) is 4.98 Å². The zero-order valence-electron chi connectivity index (χ0n) is 21.7. The van der Waals surface area contributed by atoms with E-state index in [1.54, 1.807) is 0 Å². The highest BCUT2D eigenvalue weighted by atomic mass is 16.5. The molecule has 1 N–H and O–H groups in total. The summed E-state index contributed by atoms with van der Waals surface area (Å²) in [7, 11) is 2.19. The van der Waals surface area contributed by atoms with Crippen molar-refractivity contribution in [2.75, 3.05) is 46.4 Å². The summed E-state index contributed by atoms with van der Waals surface area (Å²) in [6.45, 7) is 8.49. The molecule has 1 fully saturated rings. The summed E-state index contributed by atoms with van der Waals surface area (Å²) >= 11 is 0. The first-order valence-corrected chi connectivity index (χ1v) is 13.4. The highest BCUT2D eigenvalue weighted by Crippen LogP contribution is 2.30. The molecule has 36 heavy (non-hydrogen) atoms. The minimum absolute atomic E-state index is 0.729. The lowest BCUT2D eigenvalue weighted by molar-refractivity contribution is 0.134. The summed E-state index contributed by atoms with van der Waals surface area (Å²) in [5.41, 5.74) is 5.47. The molecule has 2 aromatic heterocycles. The van der Waals surface area contributed by atoms with Crippen LogP contribution in [0.2, 0.25) is 0 Å². The van der Waals surface area contributed by atoms with Crippen molar-refractivity contribution < 1.29 is 4.74 Å². The molecule has 5 nitrogen and oxygen atoms in total. The Balaban J connectivity index is 1.24. The third-order valence-electron chi connectivity index (χ3n) is 7.20. The number of aromatic amines is 1. The van der Waals surface area contributed by atoms with Crippen molar-refractivity contribution >= 4 is 28.0 Å². The van der Waals surface area contributed by atoms with E-state index in [1.807, 2.05) is 0 Å². The van der Waals surface area contributed by atoms with Gasteiger partial charge in [-0.2, -0.15) is 0 Å². The highest BCUT2D eigenvalue weighted by molar-refractivity contribution is 6.07. The SMILES string of the molecule is CCCCC/C=C/c1ccc2c(n1)[nH]c1ccc(-c3ccc(OCCN4CCN(C)CC4)cc3)cc12. The molecule has 5 rings (SSSR count). The number of piperazine rings is 1. The molecule has 0 atom stereocenters. The van der Waals surface area contributed by atoms with Crippen molar-refractivity contribution in [3.8, 4) is 16.9 Å². The van der Waals surface area contributed by atoms with Gasteiger partial charge in [0.2, 0.25) is 0 Å². The number of aromatic nitrogens is 2. The molecule has 0 radical (unpaired) electrons. The van der Waals surface area contributed by atoms with Gasteiger partial charge in [-0.05, 0) is 73.5 Å². The maximum Gasteiger partial charge on any atom is 0.139 e. The lowest BCUT2D eigenvalue weighted by Crippen LogP contribution is -2.45. The first-order chi connectivity index (χ1) is 17.7. The molecule has 1 aliphatic heterocycles. The summed E-state index contributed by atoms with van der Waals surface area (Å²) in [6.07, 6.45) is 9.28. The Morgan fingerprint density at radius 1 is 0.917 bits per heavy atom. The Labute approximate surface area is 214 Å². The first kappa shape index (κ1) is 24.5. The number of likely N-dealkylation sites (N-methyl/N-ethyl adjacent to an activating group) is 1. The van der Waals surface area contributed by atoms with Crippen LogP contribution in [0.15, 0.2) is 60.7 Å². The molecule has 0 bridgehead atoms. The number of pyridine rings is 1. The third-order valence-corrected chi connectivity index (χ3v) is 7.20. The van der Waals surface area contributed by atoms with Gasteiger partial charge >= 0.3 is 0 Å². The number of rotatable bonds is 10. The van der Waals surface area contributed by atoms with Crippen molar-refractivity contribution in [3.63, 3.8) is 0 Å². The van der Waals surface area contributed by atoms with Crippen LogP contribution in [0.25, 0.3) is 39.1 Å². The van der Waals surface area contributed by atoms with E-state index < -0.39 is 0 Å². The normalized spacial score (nSPS) is 15.4. The van der Waals surface area contributed by atoms with E-state index in [4.69, 9.17) is 9.72 Å². The van der Waals surface area contributed by atoms with Crippen LogP contribution in [0, 0.1) is 0 Å². The summed E-state index contributed by atoms with van der Waals surface area (Å²) in [5, 5.41) is 2.37. The number of nitrogens with one attached hydrogen (secondary N) is 1. The van der Waals surface area contributed by atoms with Gasteiger partial charge in [0.05, 0.1) is 5.69 Å². The van der Waals surface area contributed by atoms with E-state index in [0.717, 1.165) is 68.4 Å². The molecule has 0 aliphatic carbocycles. The number of H-pyrrole nitrogens is 1. The summed E-state index contributed by atoms with van der Waals surface area (Å²) in [4.78, 5) is 13.2. The second-order valence-corrected chi connectivity index (χ2v) is 9.93. The molecule has 1 aliphatic rings. The van der Waals surface area contributed by atoms with Crippen LogP contribution in [0.3, 0.4) is 0 Å². The van der Waals surface area contributed by atoms with Crippen LogP contribution in [-0.2, 0) is 0 Å². The molecule has 3 heterocycles. The second kappa shape index (κ2) is 11.7. The average molecular weight is 483 g/mol. The Morgan fingerprint density at radius 2 is 1.72 bits per heavy atom. The molecule has 4 aromatic rings. The van der Waals surface area contributed by atoms with Crippen LogP contribution in [-0.4, -0.2) is 66.1 Å². The molecule has 0 amide bonds. The van der Waals surface area contributed by atoms with Gasteiger partial charge < -0.3 is 14.6 Å². The van der Waals surface area contributed by atoms with Crippen LogP contribution >= 0.6 is 0 Å². The predicted molar refractivity (Wildman–Crippen MR) is 152 cm³/mol. The van der Waals surface area contributed by atoms with E-state index in [-0.39, 0.29) is 0 Å². The van der Waals surface area contributed by atoms with E-state index in [9.17, 15) is 0 Å². The smallest absolute Gasteiger partial charge is 0.139 e. The largest absolute Gasteiger partial charge is 0.492 e. The van der Waals surface area contributed by atoms with Crippen molar-refractivity contribution in [3.05, 3.63) is 66.4 Å². The maximum atomic E-state index is 6.03. The van der Waals surface area contributed by atoms with Crippen molar-refractivity contribution in [2.45, 2.75) is 32.6 Å². The van der Waals surface area contributed by atoms with E-state index in [1.165, 1.54) is 41.2 Å². The fourth-order valence-corrected chi connectivity index (χ4v) is 4.89. The monoisotopic (exact) mass is 482 g/mol. The Kier molecular flexibility index (Phi) is 7.99. The van der Waals surface area contributed by atoms with Crippen LogP contribution in [0.1, 0.15) is 38.3 Å². The fraction of sp³-hybridized carbons (Fsp3) is 0.387. The molecule has 0 spiro atoms. The van der Waals surface area contributed by atoms with Crippen molar-refractivity contribution in [1.82, 2.24) is 19.8 Å². The number of fused-ring (bicyclic) bond motifs is 3. The minimum Gasteiger partial charge on any atom is -0.492 e. The summed E-state index contributed by atoms with van der Waals surface area (Å²) in [5.74, 6) is 0.931. The van der Waals surface area contributed by atoms with Crippen LogP contribution < -0.4 is 4.74 Å². The molecule has 0 saturated carbocycles. The van der Waals surface area contributed by atoms with Crippen LogP contribution in [0.4, 0.5) is 0 Å². The standard InChI is InChI=1S/C31H38N4O/c1-3-4-5-6-7-8-26-12-15-28-29-23-25(11-16-30(29)33-31(28)32-26)24-9-13-27(14-10-24)36-22-21-35-19-17-34(2)18-20-35/h7-16,23H,3-6,17-22H2,1-2H3,(H,32,33)/b8-7+. The number of benzene rings is 2. The van der Waals surface area contributed by atoms with Gasteiger partial charge in [0, 0.05) is 49.0 Å². The molecular weight excluding hydrogens is 444 g/mol. The van der Waals surface area contributed by atoms with Crippen molar-refractivity contribution in [2.24, 2.45) is 0 Å². The molecule has 188 valence electrons. The predicted octanol–water partition coefficient (Wildman–Crippen LogP) is 6.60. The number of hydrogen-bond acceptors (Lipinski definition) is 4. The Hall–Kier alpha value is -3.15. The molecule has 5 heteroatoms. The molecule has 1 saturated heterocycles. The second-order valence-electron chi connectivity index (χ2n) is 9.93. The van der Waals surface area contributed by atoms with Gasteiger partial charge in [0.15, 0.2) is 0 Å². The zero-order valence-corrected chi connectivity index (χ0v) is 21.7. The van der Waals surface area contributed by atoms with Gasteiger partial charge in [-0.1, -0.05) is 44.0 Å². The average Bonchev–Trinajstić information content (AvgIpc) is 3.27. The molecule has 0 unspecified atom stereocenters. The number of allylic oxidation sites excluding steroid dienone is 1. The summed E-state index contributed by atoms with van der Waals surface area (Å²) < 4.78 is 6.03. The van der Waals surface area contributed by atoms with Crippen LogP contribution in [0.5, 0.6) is 5.75 Å². The Morgan fingerprint density at radius 3 is 2.53 bits per heavy atom. The van der Waals surface area contributed by atoms with E-state index in [0.29, 0.717) is 0 Å². The number of ether oxygens (including phenoxy) is 1. The van der Waals surface area contributed by atoms with Gasteiger partial charge in [-0.3, -0.25) is 4.90 Å². The maximum absolute atomic E-state index is 6.03. The van der Waals surface area contributed by atoms with Crippen molar-refractivity contribution in [1.29, 1.82) is 0 Å². The highest BCUT2D eigenvalue weighted by Gasteiger charge is 2.13. The topological polar surface area (TPSA) is 44.4 Å². The van der Waals surface area contributed by atoms with Gasteiger partial charge in [0.25, 0.3) is 0 Å². The molecular formula is C31H38N4O. The van der Waals surface area contributed by atoms with E-state index in [2.05, 4.69) is 95.5 Å². The number of unbranched alkanes of at least 4 members (excludes halogenated alkanes) is 3.